The zero-order chi connectivity index (χ0) is 31.5. The van der Waals surface area contributed by atoms with Crippen LogP contribution < -0.4 is 0 Å². The number of thiophene rings is 1. The van der Waals surface area contributed by atoms with Crippen molar-refractivity contribution in [2.24, 2.45) is 9.98 Å². The van der Waals surface area contributed by atoms with Crippen molar-refractivity contribution in [1.29, 1.82) is 10.7 Å². The lowest BCUT2D eigenvalue weighted by atomic mass is 9.78. The maximum absolute atomic E-state index is 9.77. The first-order valence-electron chi connectivity index (χ1n) is 16.4. The van der Waals surface area contributed by atoms with Gasteiger partial charge in [-0.3, -0.25) is 4.99 Å². The van der Waals surface area contributed by atoms with Crippen molar-refractivity contribution in [3.05, 3.63) is 44.4 Å². The van der Waals surface area contributed by atoms with Gasteiger partial charge in [0.2, 0.25) is 0 Å². The third-order valence-electron chi connectivity index (χ3n) is 9.36. The first-order chi connectivity index (χ1) is 20.8. The number of likely N-dealkylation sites (N-methyl/N-ethyl adjacent to an activating group) is 1. The van der Waals surface area contributed by atoms with Gasteiger partial charge in [0, 0.05) is 53.1 Å². The van der Waals surface area contributed by atoms with Gasteiger partial charge in [-0.05, 0) is 104 Å². The van der Waals surface area contributed by atoms with Crippen LogP contribution in [0.3, 0.4) is 0 Å². The number of nitrogens with one attached hydrogen (secondary N) is 1. The Bertz CT molecular complexity index is 1230. The Hall–Kier alpha value is -2.60. The van der Waals surface area contributed by atoms with Crippen LogP contribution in [0, 0.1) is 16.7 Å². The van der Waals surface area contributed by atoms with E-state index in [0.29, 0.717) is 24.3 Å². The summed E-state index contributed by atoms with van der Waals surface area (Å²) in [5.74, 6) is 1.13. The molecule has 8 heteroatoms. The molecule has 1 N–H and O–H groups in total. The number of aliphatic imine (C=N–C) groups is 2. The van der Waals surface area contributed by atoms with Gasteiger partial charge < -0.3 is 20.1 Å². The highest BCUT2D eigenvalue weighted by atomic mass is 32.1. The van der Waals surface area contributed by atoms with Crippen LogP contribution in [0.5, 0.6) is 0 Å². The Balaban J connectivity index is 0.00000248. The van der Waals surface area contributed by atoms with Gasteiger partial charge in [-0.15, -0.1) is 11.3 Å². The summed E-state index contributed by atoms with van der Waals surface area (Å²) >= 11 is 1.73. The van der Waals surface area contributed by atoms with E-state index in [1.807, 2.05) is 19.2 Å². The van der Waals surface area contributed by atoms with Gasteiger partial charge >= 0.3 is 0 Å². The van der Waals surface area contributed by atoms with Gasteiger partial charge in [0.05, 0.1) is 17.8 Å². The molecule has 1 aromatic heterocycles. The molecule has 1 aromatic rings. The van der Waals surface area contributed by atoms with Crippen LogP contribution in [0.15, 0.2) is 38.4 Å². The van der Waals surface area contributed by atoms with Crippen LogP contribution >= 0.6 is 11.3 Å². The van der Waals surface area contributed by atoms with Gasteiger partial charge in [0.25, 0.3) is 0 Å². The number of nitriles is 1. The van der Waals surface area contributed by atoms with Crippen molar-refractivity contribution >= 4 is 29.5 Å². The molecule has 4 rings (SSSR count). The molecule has 2 atom stereocenters. The first kappa shape index (κ1) is 34.9. The highest BCUT2D eigenvalue weighted by Crippen LogP contribution is 2.43. The minimum absolute atomic E-state index is 0.232. The summed E-state index contributed by atoms with van der Waals surface area (Å²) in [6, 6.07) is 3.56. The lowest BCUT2D eigenvalue weighted by molar-refractivity contribution is 0.0934. The van der Waals surface area contributed by atoms with Gasteiger partial charge in [-0.1, -0.05) is 32.8 Å². The monoisotopic (exact) mass is 605 g/mol. The summed E-state index contributed by atoms with van der Waals surface area (Å²) in [7, 11) is 6.48. The van der Waals surface area contributed by atoms with Crippen LogP contribution in [0.25, 0.3) is 0 Å². The van der Waals surface area contributed by atoms with E-state index in [4.69, 9.17) is 4.99 Å². The van der Waals surface area contributed by atoms with E-state index in [1.54, 1.807) is 11.3 Å². The van der Waals surface area contributed by atoms with Gasteiger partial charge in [0.1, 0.15) is 11.9 Å². The fourth-order valence-electron chi connectivity index (χ4n) is 6.65. The van der Waals surface area contributed by atoms with E-state index in [9.17, 15) is 10.7 Å². The molecule has 0 radical (unpaired) electrons. The summed E-state index contributed by atoms with van der Waals surface area (Å²) in [6.07, 6.45) is 11.7. The number of rotatable bonds is 13. The predicted octanol–water partition coefficient (Wildman–Crippen LogP) is 7.31. The second kappa shape index (κ2) is 17.0. The Morgan fingerprint density at radius 3 is 2.58 bits per heavy atom. The molecule has 0 amide bonds. The van der Waals surface area contributed by atoms with Crippen molar-refractivity contribution in [2.45, 2.75) is 103 Å². The molecule has 3 heterocycles. The smallest absolute Gasteiger partial charge is 0.129 e. The number of allylic oxidation sites excluding steroid dienone is 2. The summed E-state index contributed by atoms with van der Waals surface area (Å²) in [4.78, 5) is 17.8. The molecular weight excluding hydrogens is 551 g/mol. The average molecular weight is 606 g/mol. The first-order valence-corrected chi connectivity index (χ1v) is 17.3. The molecule has 0 aromatic carbocycles. The van der Waals surface area contributed by atoms with Crippen LogP contribution in [0.1, 0.15) is 101 Å². The standard InChI is InChI=1S/C33H49N7S.C2H6/c1-7-10-28(23(2)29-12-8-13-31-33(29)24(18-34)22-41-31)30(35)19-37-25(14-15-26-11-9-16-39(26)6)17-32(36-3)40-20-27(21-40)38(4)5;1-2/h17,22,26-27,29,35H,3,7-16,19-21H2,1-2,4-6H3;1-2H3/b28-23+,32-17+,35-30?,37-25?;/t26?,29-;/m1./s1. The summed E-state index contributed by atoms with van der Waals surface area (Å²) in [6.45, 7) is 15.7. The number of aryl methyl sites for hydroxylation is 1. The average Bonchev–Trinajstić information content (AvgIpc) is 3.61. The zero-order valence-corrected chi connectivity index (χ0v) is 28.7. The van der Waals surface area contributed by atoms with Crippen LogP contribution in [-0.2, 0) is 6.42 Å². The van der Waals surface area contributed by atoms with Gasteiger partial charge in [-0.25, -0.2) is 4.99 Å². The quantitative estimate of drug-likeness (QED) is 0.239. The fraction of sp³-hybridized carbons (Fsp3) is 0.657. The van der Waals surface area contributed by atoms with Crippen molar-refractivity contribution < 1.29 is 0 Å². The molecule has 0 bridgehead atoms. The van der Waals surface area contributed by atoms with E-state index < -0.39 is 0 Å². The molecule has 2 saturated heterocycles. The normalized spacial score (nSPS) is 21.9. The van der Waals surface area contributed by atoms with Crippen molar-refractivity contribution in [1.82, 2.24) is 14.7 Å². The Morgan fingerprint density at radius 1 is 1.23 bits per heavy atom. The molecule has 0 spiro atoms. The predicted molar refractivity (Wildman–Crippen MR) is 185 cm³/mol. The largest absolute Gasteiger partial charge is 0.353 e. The Labute approximate surface area is 265 Å². The van der Waals surface area contributed by atoms with E-state index >= 15 is 0 Å². The molecule has 7 nitrogen and oxygen atoms in total. The number of likely N-dealkylation sites (tertiary alicyclic amines) is 2. The maximum Gasteiger partial charge on any atom is 0.129 e. The molecule has 2 aliphatic heterocycles. The highest BCUT2D eigenvalue weighted by molar-refractivity contribution is 7.10. The van der Waals surface area contributed by atoms with Gasteiger partial charge in [0.15, 0.2) is 0 Å². The molecule has 2 fully saturated rings. The molecule has 236 valence electrons. The topological polar surface area (TPSA) is 82.1 Å². The zero-order valence-electron chi connectivity index (χ0n) is 27.9. The van der Waals surface area contributed by atoms with Crippen molar-refractivity contribution in [3.63, 3.8) is 0 Å². The molecule has 3 aliphatic rings. The highest BCUT2D eigenvalue weighted by Gasteiger charge is 2.30. The second-order valence-corrected chi connectivity index (χ2v) is 13.2. The van der Waals surface area contributed by atoms with E-state index in [1.165, 1.54) is 35.4 Å². The molecule has 1 unspecified atom stereocenters. The minimum Gasteiger partial charge on any atom is -0.353 e. The van der Waals surface area contributed by atoms with E-state index in [-0.39, 0.29) is 5.92 Å². The van der Waals surface area contributed by atoms with E-state index in [0.717, 1.165) is 80.7 Å². The SMILES string of the molecule is C=N/C(=C\C(CCC1CCCN1C)=NCC(=N)/C(CCC)=C(\C)[C@H]1CCCc2scc(C#N)c21)N1CC(N(C)C)C1.CC. The third kappa shape index (κ3) is 8.74. The summed E-state index contributed by atoms with van der Waals surface area (Å²) < 4.78 is 0. The van der Waals surface area contributed by atoms with Crippen LogP contribution in [0.2, 0.25) is 0 Å². The summed E-state index contributed by atoms with van der Waals surface area (Å²) in [5.41, 5.74) is 6.06. The third-order valence-corrected chi connectivity index (χ3v) is 10.4. The second-order valence-electron chi connectivity index (χ2n) is 12.2. The van der Waals surface area contributed by atoms with Crippen LogP contribution in [-0.4, -0.2) is 92.2 Å². The van der Waals surface area contributed by atoms with Gasteiger partial charge in [-0.2, -0.15) is 5.26 Å². The minimum atomic E-state index is 0.232. The van der Waals surface area contributed by atoms with Crippen molar-refractivity contribution in [2.75, 3.05) is 47.3 Å². The number of hydrogen-bond donors (Lipinski definition) is 1. The maximum atomic E-state index is 9.77. The lowest BCUT2D eigenvalue weighted by Gasteiger charge is -2.44. The summed E-state index contributed by atoms with van der Waals surface area (Å²) in [5, 5.41) is 21.0. The fourth-order valence-corrected chi connectivity index (χ4v) is 7.73. The van der Waals surface area contributed by atoms with Crippen molar-refractivity contribution in [3.8, 4) is 6.07 Å². The molecule has 1 aliphatic carbocycles. The molecular formula is C35H55N7S. The van der Waals surface area contributed by atoms with Crippen LogP contribution in [0.4, 0.5) is 0 Å². The number of nitrogens with zero attached hydrogens (tertiary/aromatic N) is 6. The Kier molecular flexibility index (Phi) is 13.8. The lowest BCUT2D eigenvalue weighted by Crippen LogP contribution is -2.56. The Morgan fingerprint density at radius 2 is 1.98 bits per heavy atom. The molecule has 0 saturated carbocycles. The molecule has 43 heavy (non-hydrogen) atoms. The number of hydrogen-bond acceptors (Lipinski definition) is 8. The van der Waals surface area contributed by atoms with E-state index in [2.05, 4.69) is 73.5 Å². The number of fused-ring (bicyclic) bond motifs is 1.